The minimum Gasteiger partial charge on any atom is -0.385 e. The van der Waals surface area contributed by atoms with Crippen LogP contribution in [0.25, 0.3) is 0 Å². The van der Waals surface area contributed by atoms with Gasteiger partial charge < -0.3 is 10.1 Å². The van der Waals surface area contributed by atoms with Crippen molar-refractivity contribution >= 4 is 27.3 Å². The van der Waals surface area contributed by atoms with Crippen molar-refractivity contribution in [3.63, 3.8) is 0 Å². The van der Waals surface area contributed by atoms with Crippen LogP contribution >= 0.6 is 11.3 Å². The zero-order valence-electron chi connectivity index (χ0n) is 13.6. The van der Waals surface area contributed by atoms with Gasteiger partial charge in [-0.3, -0.25) is 4.79 Å². The summed E-state index contributed by atoms with van der Waals surface area (Å²) in [5.41, 5.74) is 0. The molecule has 0 aromatic carbocycles. The van der Waals surface area contributed by atoms with Gasteiger partial charge in [0, 0.05) is 44.1 Å². The maximum absolute atomic E-state index is 12.5. The fraction of sp³-hybridized carbons (Fsp3) is 0.667. The van der Waals surface area contributed by atoms with E-state index in [9.17, 15) is 13.2 Å². The van der Waals surface area contributed by atoms with Gasteiger partial charge in [0.1, 0.15) is 4.21 Å². The number of ether oxygens (including phenoxy) is 1. The molecule has 2 rings (SSSR count). The van der Waals surface area contributed by atoms with Crippen LogP contribution in [0.4, 0.5) is 0 Å². The van der Waals surface area contributed by atoms with E-state index in [1.165, 1.54) is 15.6 Å². The van der Waals surface area contributed by atoms with Gasteiger partial charge in [-0.05, 0) is 38.3 Å². The predicted octanol–water partition coefficient (Wildman–Crippen LogP) is 1.61. The fourth-order valence-electron chi connectivity index (χ4n) is 2.61. The number of carbonyl (C=O) groups is 1. The van der Waals surface area contributed by atoms with Crippen LogP contribution in [0.2, 0.25) is 0 Å². The molecule has 1 amide bonds. The Morgan fingerprint density at radius 2 is 2.09 bits per heavy atom. The topological polar surface area (TPSA) is 75.7 Å². The average Bonchev–Trinajstić information content (AvgIpc) is 2.99. The van der Waals surface area contributed by atoms with Gasteiger partial charge in [-0.1, -0.05) is 0 Å². The molecule has 0 saturated carbocycles. The molecule has 0 atom stereocenters. The highest BCUT2D eigenvalue weighted by atomic mass is 32.2. The van der Waals surface area contributed by atoms with E-state index in [-0.39, 0.29) is 11.8 Å². The second-order valence-corrected chi connectivity index (χ2v) is 9.13. The zero-order valence-corrected chi connectivity index (χ0v) is 15.2. The van der Waals surface area contributed by atoms with E-state index in [2.05, 4.69) is 5.32 Å². The zero-order chi connectivity index (χ0) is 16.9. The molecule has 1 aromatic rings. The maximum atomic E-state index is 12.5. The van der Waals surface area contributed by atoms with Crippen molar-refractivity contribution in [3.8, 4) is 0 Å². The molecular weight excluding hydrogens is 336 g/mol. The summed E-state index contributed by atoms with van der Waals surface area (Å²) in [6.07, 6.45) is 1.92. The number of aryl methyl sites for hydroxylation is 1. The second-order valence-electron chi connectivity index (χ2n) is 5.68. The van der Waals surface area contributed by atoms with E-state index in [0.29, 0.717) is 43.3 Å². The lowest BCUT2D eigenvalue weighted by molar-refractivity contribution is -0.126. The van der Waals surface area contributed by atoms with Crippen LogP contribution in [0.1, 0.15) is 24.1 Å². The molecule has 1 aliphatic heterocycles. The molecule has 23 heavy (non-hydrogen) atoms. The summed E-state index contributed by atoms with van der Waals surface area (Å²) >= 11 is 1.29. The molecule has 1 saturated heterocycles. The van der Waals surface area contributed by atoms with Gasteiger partial charge in [-0.25, -0.2) is 8.42 Å². The number of piperidine rings is 1. The minimum absolute atomic E-state index is 0.0186. The van der Waals surface area contributed by atoms with Crippen LogP contribution < -0.4 is 5.32 Å². The highest BCUT2D eigenvalue weighted by Crippen LogP contribution is 2.28. The van der Waals surface area contributed by atoms with Crippen LogP contribution in [0, 0.1) is 12.8 Å². The summed E-state index contributed by atoms with van der Waals surface area (Å²) in [6, 6.07) is 3.47. The Labute approximate surface area is 141 Å². The Hall–Kier alpha value is -0.960. The van der Waals surface area contributed by atoms with Crippen molar-refractivity contribution in [2.75, 3.05) is 33.4 Å². The SMILES string of the molecule is COCCCNC(=O)C1CCN(S(=O)(=O)c2ccc(C)s2)CC1. The lowest BCUT2D eigenvalue weighted by Gasteiger charge is -2.30. The van der Waals surface area contributed by atoms with Gasteiger partial charge in [-0.2, -0.15) is 4.31 Å². The molecule has 0 spiro atoms. The van der Waals surface area contributed by atoms with Crippen LogP contribution in [-0.2, 0) is 19.6 Å². The number of amides is 1. The molecule has 0 unspecified atom stereocenters. The molecule has 2 heterocycles. The number of rotatable bonds is 7. The highest BCUT2D eigenvalue weighted by Gasteiger charge is 2.32. The van der Waals surface area contributed by atoms with Crippen LogP contribution in [0.3, 0.4) is 0 Å². The number of hydrogen-bond donors (Lipinski definition) is 1. The van der Waals surface area contributed by atoms with Crippen molar-refractivity contribution < 1.29 is 17.9 Å². The summed E-state index contributed by atoms with van der Waals surface area (Å²) in [7, 11) is -1.78. The first-order chi connectivity index (χ1) is 10.9. The number of thiophene rings is 1. The monoisotopic (exact) mass is 360 g/mol. The van der Waals surface area contributed by atoms with E-state index >= 15 is 0 Å². The normalized spacial score (nSPS) is 17.3. The third kappa shape index (κ3) is 4.76. The number of carbonyl (C=O) groups excluding carboxylic acids is 1. The first-order valence-corrected chi connectivity index (χ1v) is 10.0. The van der Waals surface area contributed by atoms with Crippen molar-refractivity contribution in [3.05, 3.63) is 17.0 Å². The lowest BCUT2D eigenvalue weighted by atomic mass is 9.97. The van der Waals surface area contributed by atoms with E-state index in [0.717, 1.165) is 11.3 Å². The van der Waals surface area contributed by atoms with Crippen molar-refractivity contribution in [1.29, 1.82) is 0 Å². The first-order valence-electron chi connectivity index (χ1n) is 7.78. The molecule has 0 aliphatic carbocycles. The van der Waals surface area contributed by atoms with E-state index < -0.39 is 10.0 Å². The minimum atomic E-state index is -3.41. The molecule has 1 N–H and O–H groups in total. The Morgan fingerprint density at radius 1 is 1.39 bits per heavy atom. The van der Waals surface area contributed by atoms with Gasteiger partial charge in [0.05, 0.1) is 0 Å². The third-order valence-corrected chi connectivity index (χ3v) is 7.33. The largest absolute Gasteiger partial charge is 0.385 e. The van der Waals surface area contributed by atoms with Gasteiger partial charge in [-0.15, -0.1) is 11.3 Å². The van der Waals surface area contributed by atoms with E-state index in [4.69, 9.17) is 4.74 Å². The number of nitrogens with one attached hydrogen (secondary N) is 1. The number of hydrogen-bond acceptors (Lipinski definition) is 5. The quantitative estimate of drug-likeness (QED) is 0.750. The third-order valence-electron chi connectivity index (χ3n) is 3.96. The molecule has 1 aliphatic rings. The summed E-state index contributed by atoms with van der Waals surface area (Å²) in [5.74, 6) is -0.0841. The number of methoxy groups -OCH3 is 1. The summed E-state index contributed by atoms with van der Waals surface area (Å²) < 4.78 is 31.9. The molecule has 6 nitrogen and oxygen atoms in total. The van der Waals surface area contributed by atoms with Gasteiger partial charge >= 0.3 is 0 Å². The Kier molecular flexibility index (Phi) is 6.58. The predicted molar refractivity (Wildman–Crippen MR) is 90.0 cm³/mol. The van der Waals surface area contributed by atoms with Crippen molar-refractivity contribution in [1.82, 2.24) is 9.62 Å². The molecule has 1 fully saturated rings. The van der Waals surface area contributed by atoms with E-state index in [1.807, 2.05) is 13.0 Å². The Morgan fingerprint density at radius 3 is 2.65 bits per heavy atom. The van der Waals surface area contributed by atoms with Crippen LogP contribution in [-0.4, -0.2) is 52.0 Å². The van der Waals surface area contributed by atoms with Crippen LogP contribution in [0.5, 0.6) is 0 Å². The molecular formula is C15H24N2O4S2. The van der Waals surface area contributed by atoms with Gasteiger partial charge in [0.25, 0.3) is 10.0 Å². The number of sulfonamides is 1. The average molecular weight is 361 g/mol. The molecule has 0 bridgehead atoms. The molecule has 130 valence electrons. The summed E-state index contributed by atoms with van der Waals surface area (Å²) in [5, 5.41) is 2.89. The molecule has 0 radical (unpaired) electrons. The lowest BCUT2D eigenvalue weighted by Crippen LogP contribution is -2.43. The summed E-state index contributed by atoms with van der Waals surface area (Å²) in [6.45, 7) is 3.91. The smallest absolute Gasteiger partial charge is 0.252 e. The maximum Gasteiger partial charge on any atom is 0.252 e. The fourth-order valence-corrected chi connectivity index (χ4v) is 5.52. The van der Waals surface area contributed by atoms with Gasteiger partial charge in [0.15, 0.2) is 0 Å². The molecule has 8 heteroatoms. The Bertz CT molecular complexity index is 619. The van der Waals surface area contributed by atoms with Crippen molar-refractivity contribution in [2.24, 2.45) is 5.92 Å². The first kappa shape index (κ1) is 18.4. The summed E-state index contributed by atoms with van der Waals surface area (Å²) in [4.78, 5) is 13.1. The second kappa shape index (κ2) is 8.23. The Balaban J connectivity index is 1.85. The highest BCUT2D eigenvalue weighted by molar-refractivity contribution is 7.91. The van der Waals surface area contributed by atoms with Crippen molar-refractivity contribution in [2.45, 2.75) is 30.4 Å². The number of nitrogens with zero attached hydrogens (tertiary/aromatic N) is 1. The standard InChI is InChI=1S/C15H24N2O4S2/c1-12-4-5-14(22-12)23(19,20)17-9-6-13(7-10-17)15(18)16-8-3-11-21-2/h4-5,13H,3,6-11H2,1-2H3,(H,16,18). The molecule has 1 aromatic heterocycles. The van der Waals surface area contributed by atoms with E-state index in [1.54, 1.807) is 13.2 Å². The van der Waals surface area contributed by atoms with Crippen LogP contribution in [0.15, 0.2) is 16.3 Å². The van der Waals surface area contributed by atoms with Gasteiger partial charge in [0.2, 0.25) is 5.91 Å².